The van der Waals surface area contributed by atoms with E-state index in [0.29, 0.717) is 42.5 Å². The largest absolute Gasteiger partial charge is 0.494 e. The second kappa shape index (κ2) is 10.2. The highest BCUT2D eigenvalue weighted by atomic mass is 35.5. The number of para-hydroxylation sites is 1. The number of carbonyl (C=O) groups excluding carboxylic acids is 1. The van der Waals surface area contributed by atoms with Crippen molar-refractivity contribution in [1.29, 1.82) is 0 Å². The molecule has 1 aromatic heterocycles. The van der Waals surface area contributed by atoms with Crippen LogP contribution < -0.4 is 14.4 Å². The first-order valence-corrected chi connectivity index (χ1v) is 14.0. The first-order chi connectivity index (χ1) is 17.8. The van der Waals surface area contributed by atoms with E-state index in [1.54, 1.807) is 42.3 Å². The van der Waals surface area contributed by atoms with Crippen molar-refractivity contribution in [3.8, 4) is 5.75 Å². The monoisotopic (exact) mass is 560 g/mol. The van der Waals surface area contributed by atoms with E-state index in [9.17, 15) is 17.6 Å². The van der Waals surface area contributed by atoms with E-state index in [4.69, 9.17) is 21.3 Å². The normalized spacial score (nSPS) is 14.1. The molecule has 1 fully saturated rings. The van der Waals surface area contributed by atoms with Gasteiger partial charge < -0.3 is 14.5 Å². The molecule has 5 rings (SSSR count). The van der Waals surface area contributed by atoms with Gasteiger partial charge in [-0.05, 0) is 48.5 Å². The first kappa shape index (κ1) is 25.2. The van der Waals surface area contributed by atoms with Gasteiger partial charge in [-0.1, -0.05) is 35.1 Å². The SMILES string of the molecule is COc1ccc(Cl)c2sc(N3CCN(C(=O)c4ccccc4NS(=O)(=O)c4ccc(F)cc4)CC3)nc12. The number of fused-ring (bicyclic) bond motifs is 1. The molecule has 4 aromatic rings. The standard InChI is InChI=1S/C25H22ClFN4O4S2/c1-35-21-11-10-19(26)23-22(21)28-25(36-23)31-14-12-30(13-15-31)24(32)18-4-2-3-5-20(18)29-37(33,34)17-8-6-16(27)7-9-17/h2-11,29H,12-15H2,1H3. The minimum atomic E-state index is -4.01. The summed E-state index contributed by atoms with van der Waals surface area (Å²) in [5.74, 6) is -0.178. The summed E-state index contributed by atoms with van der Waals surface area (Å²) >= 11 is 7.83. The first-order valence-electron chi connectivity index (χ1n) is 11.3. The zero-order valence-electron chi connectivity index (χ0n) is 19.6. The van der Waals surface area contributed by atoms with Gasteiger partial charge in [0.1, 0.15) is 17.1 Å². The summed E-state index contributed by atoms with van der Waals surface area (Å²) in [4.78, 5) is 21.8. The fourth-order valence-electron chi connectivity index (χ4n) is 4.09. The molecule has 1 saturated heterocycles. The van der Waals surface area contributed by atoms with E-state index >= 15 is 0 Å². The average molecular weight is 561 g/mol. The van der Waals surface area contributed by atoms with Crippen LogP contribution in [0.5, 0.6) is 5.75 Å². The van der Waals surface area contributed by atoms with Crippen LogP contribution in [0.15, 0.2) is 65.6 Å². The van der Waals surface area contributed by atoms with Crippen molar-refractivity contribution in [2.24, 2.45) is 0 Å². The molecule has 0 saturated carbocycles. The third-order valence-corrected chi connectivity index (χ3v) is 8.99. The van der Waals surface area contributed by atoms with Gasteiger partial charge >= 0.3 is 0 Å². The second-order valence-electron chi connectivity index (χ2n) is 8.31. The Morgan fingerprint density at radius 1 is 1.05 bits per heavy atom. The molecule has 3 aromatic carbocycles. The van der Waals surface area contributed by atoms with Crippen LogP contribution in [0.25, 0.3) is 10.2 Å². The van der Waals surface area contributed by atoms with Gasteiger partial charge in [-0.15, -0.1) is 0 Å². The van der Waals surface area contributed by atoms with Crippen LogP contribution in [0.3, 0.4) is 0 Å². The summed E-state index contributed by atoms with van der Waals surface area (Å²) in [5, 5.41) is 1.40. The molecule has 0 atom stereocenters. The number of hydrogen-bond donors (Lipinski definition) is 1. The van der Waals surface area contributed by atoms with E-state index in [0.717, 1.165) is 22.0 Å². The van der Waals surface area contributed by atoms with E-state index in [1.807, 2.05) is 0 Å². The van der Waals surface area contributed by atoms with Gasteiger partial charge in [-0.3, -0.25) is 9.52 Å². The third kappa shape index (κ3) is 5.07. The number of carbonyl (C=O) groups is 1. The van der Waals surface area contributed by atoms with Crippen molar-refractivity contribution in [2.45, 2.75) is 4.90 Å². The molecule has 2 heterocycles. The summed E-state index contributed by atoms with van der Waals surface area (Å²) in [6, 6.07) is 14.5. The van der Waals surface area contributed by atoms with Crippen LogP contribution in [0.2, 0.25) is 5.02 Å². The summed E-state index contributed by atoms with van der Waals surface area (Å²) in [7, 11) is -2.42. The number of anilines is 2. The predicted octanol–water partition coefficient (Wildman–Crippen LogP) is 4.86. The number of aromatic nitrogens is 1. The highest BCUT2D eigenvalue weighted by Gasteiger charge is 2.27. The predicted molar refractivity (Wildman–Crippen MR) is 143 cm³/mol. The van der Waals surface area contributed by atoms with Gasteiger partial charge in [0.25, 0.3) is 15.9 Å². The Hall–Kier alpha value is -3.41. The Bertz CT molecular complexity index is 1570. The van der Waals surface area contributed by atoms with Crippen LogP contribution in [0, 0.1) is 5.82 Å². The highest BCUT2D eigenvalue weighted by molar-refractivity contribution is 7.92. The van der Waals surface area contributed by atoms with Crippen molar-refractivity contribution in [2.75, 3.05) is 42.9 Å². The Balaban J connectivity index is 1.31. The van der Waals surface area contributed by atoms with Crippen molar-refractivity contribution in [3.05, 3.63) is 77.1 Å². The van der Waals surface area contributed by atoms with E-state index in [1.165, 1.54) is 29.5 Å². The summed E-state index contributed by atoms with van der Waals surface area (Å²) in [6.45, 7) is 1.96. The number of rotatable bonds is 6. The Kier molecular flexibility index (Phi) is 6.93. The molecule has 1 aliphatic rings. The Morgan fingerprint density at radius 3 is 2.46 bits per heavy atom. The molecule has 8 nitrogen and oxygen atoms in total. The Morgan fingerprint density at radius 2 is 1.76 bits per heavy atom. The Labute approximate surface area is 222 Å². The molecule has 1 N–H and O–H groups in total. The van der Waals surface area contributed by atoms with E-state index < -0.39 is 15.8 Å². The highest BCUT2D eigenvalue weighted by Crippen LogP contribution is 2.39. The van der Waals surface area contributed by atoms with E-state index in [2.05, 4.69) is 9.62 Å². The van der Waals surface area contributed by atoms with Crippen LogP contribution in [-0.4, -0.2) is 57.5 Å². The maximum Gasteiger partial charge on any atom is 0.261 e. The lowest BCUT2D eigenvalue weighted by Gasteiger charge is -2.34. The average Bonchev–Trinajstić information content (AvgIpc) is 3.36. The van der Waals surface area contributed by atoms with Gasteiger partial charge in [0, 0.05) is 26.2 Å². The quantitative estimate of drug-likeness (QED) is 0.362. The summed E-state index contributed by atoms with van der Waals surface area (Å²) in [6.07, 6.45) is 0. The van der Waals surface area contributed by atoms with Crippen LogP contribution in [0.1, 0.15) is 10.4 Å². The minimum Gasteiger partial charge on any atom is -0.494 e. The van der Waals surface area contributed by atoms with Crippen LogP contribution in [-0.2, 0) is 10.0 Å². The van der Waals surface area contributed by atoms with Crippen LogP contribution in [0.4, 0.5) is 15.2 Å². The number of nitrogens with one attached hydrogen (secondary N) is 1. The number of halogens is 2. The molecule has 192 valence electrons. The summed E-state index contributed by atoms with van der Waals surface area (Å²) < 4.78 is 47.6. The van der Waals surface area contributed by atoms with Crippen molar-refractivity contribution < 1.29 is 22.3 Å². The number of hydrogen-bond acceptors (Lipinski definition) is 7. The van der Waals surface area contributed by atoms with Crippen molar-refractivity contribution in [3.63, 3.8) is 0 Å². The number of sulfonamides is 1. The van der Waals surface area contributed by atoms with E-state index in [-0.39, 0.29) is 22.1 Å². The van der Waals surface area contributed by atoms with Crippen molar-refractivity contribution >= 4 is 59.9 Å². The van der Waals surface area contributed by atoms with Crippen LogP contribution >= 0.6 is 22.9 Å². The summed E-state index contributed by atoms with van der Waals surface area (Å²) in [5.41, 5.74) is 1.10. The lowest BCUT2D eigenvalue weighted by atomic mass is 10.1. The molecule has 37 heavy (non-hydrogen) atoms. The molecule has 12 heteroatoms. The maximum atomic E-state index is 13.4. The minimum absolute atomic E-state index is 0.0997. The molecule has 1 amide bonds. The number of thiazole rings is 1. The molecule has 0 spiro atoms. The number of benzene rings is 3. The second-order valence-corrected chi connectivity index (χ2v) is 11.4. The van der Waals surface area contributed by atoms with Gasteiger partial charge in [0.05, 0.1) is 33.0 Å². The molecule has 0 aliphatic carbocycles. The smallest absolute Gasteiger partial charge is 0.261 e. The molecule has 0 unspecified atom stereocenters. The topological polar surface area (TPSA) is 91.8 Å². The number of methoxy groups -OCH3 is 1. The number of ether oxygens (including phenoxy) is 1. The lowest BCUT2D eigenvalue weighted by Crippen LogP contribution is -2.48. The fraction of sp³-hybridized carbons (Fsp3) is 0.200. The molecule has 0 bridgehead atoms. The molecule has 1 aliphatic heterocycles. The van der Waals surface area contributed by atoms with Gasteiger partial charge in [-0.25, -0.2) is 17.8 Å². The third-order valence-electron chi connectivity index (χ3n) is 6.03. The molecular weight excluding hydrogens is 539 g/mol. The zero-order chi connectivity index (χ0) is 26.2. The van der Waals surface area contributed by atoms with Gasteiger partial charge in [0.2, 0.25) is 0 Å². The molecular formula is C25H22ClFN4O4S2. The maximum absolute atomic E-state index is 13.4. The van der Waals surface area contributed by atoms with Gasteiger partial charge in [0.15, 0.2) is 5.13 Å². The zero-order valence-corrected chi connectivity index (χ0v) is 22.0. The number of amides is 1. The number of nitrogens with zero attached hydrogens (tertiary/aromatic N) is 3. The molecule has 0 radical (unpaired) electrons. The number of piperazine rings is 1. The van der Waals surface area contributed by atoms with Crippen molar-refractivity contribution in [1.82, 2.24) is 9.88 Å². The fourth-order valence-corrected chi connectivity index (χ4v) is 6.48. The van der Waals surface area contributed by atoms with Gasteiger partial charge in [-0.2, -0.15) is 0 Å². The lowest BCUT2D eigenvalue weighted by molar-refractivity contribution is 0.0748.